The number of hydrogen-bond donors (Lipinski definition) is 6. The van der Waals surface area contributed by atoms with Crippen LogP contribution in [0.25, 0.3) is 0 Å². The Balaban J connectivity index is 1.31. The van der Waals surface area contributed by atoms with E-state index in [9.17, 15) is 52.8 Å². The lowest BCUT2D eigenvalue weighted by molar-refractivity contribution is 0.430. The molecule has 25 heteroatoms. The molecule has 0 aliphatic carbocycles. The summed E-state index contributed by atoms with van der Waals surface area (Å²) in [5.74, 6) is -0.149. The van der Waals surface area contributed by atoms with Gasteiger partial charge in [0.05, 0.1) is 37.4 Å². The van der Waals surface area contributed by atoms with Crippen molar-refractivity contribution in [3.05, 3.63) is 83.9 Å². The minimum absolute atomic E-state index is 0.0718. The predicted molar refractivity (Wildman–Crippen MR) is 188 cm³/mol. The number of hydrogen-bond acceptors (Lipinski definition) is 18. The van der Waals surface area contributed by atoms with E-state index in [0.29, 0.717) is 34.3 Å². The van der Waals surface area contributed by atoms with Gasteiger partial charge in [-0.05, 0) is 109 Å². The second-order valence-electron chi connectivity index (χ2n) is 10.9. The van der Waals surface area contributed by atoms with Gasteiger partial charge in [-0.15, -0.1) is 0 Å². The summed E-state index contributed by atoms with van der Waals surface area (Å²) in [5.41, 5.74) is 2.06. The predicted octanol–water partition coefficient (Wildman–Crippen LogP) is 5.49. The molecule has 0 saturated carbocycles. The SMILES string of the molecule is Cc1cc(Nc2nc(O)nc(Nc3ccc(N=Nc4cc(S(=O)(=O)O)cc(S(=O)(=O)O)c4)c(C)c3)n2)ccc1N=Nc1cc(S(=O)[O-])cc(S(=O)(=O)O)c1. The normalized spacial score (nSPS) is 13.0. The zero-order valence-corrected chi connectivity index (χ0v) is 30.5. The standard InChI is InChI=1S/C29H25N9O12S4/c1-15-7-17(3-5-25(15)37-35-19-9-21(51(40)41)13-22(10-19)52(42,43)44)30-27-32-28(34-29(39)33-27)31-18-4-6-26(16(2)8-18)38-36-20-11-23(53(45,46)47)14-24(12-20)54(48,49)50/h3-14H,1-2H3,(H,40,41)(H,42,43,44)(H,45,46,47)(H,48,49,50)(H3,30,31,32,33,34,39)/p-1. The zero-order valence-electron chi connectivity index (χ0n) is 27.2. The van der Waals surface area contributed by atoms with Crippen LogP contribution in [0, 0.1) is 13.8 Å². The van der Waals surface area contributed by atoms with Crippen LogP contribution >= 0.6 is 0 Å². The fraction of sp³-hybridized carbons (Fsp3) is 0.0690. The summed E-state index contributed by atoms with van der Waals surface area (Å²) in [5, 5.41) is 31.7. The van der Waals surface area contributed by atoms with Crippen molar-refractivity contribution in [1.29, 1.82) is 0 Å². The minimum Gasteiger partial charge on any atom is -0.768 e. The van der Waals surface area contributed by atoms with Crippen molar-refractivity contribution in [2.24, 2.45) is 20.5 Å². The van der Waals surface area contributed by atoms with Crippen LogP contribution in [0.1, 0.15) is 11.1 Å². The maximum atomic E-state index is 11.6. The lowest BCUT2D eigenvalue weighted by Gasteiger charge is -2.10. The third-order valence-electron chi connectivity index (χ3n) is 6.89. The maximum absolute atomic E-state index is 11.6. The van der Waals surface area contributed by atoms with Crippen molar-refractivity contribution in [3.8, 4) is 6.01 Å². The Morgan fingerprint density at radius 2 is 1.00 bits per heavy atom. The van der Waals surface area contributed by atoms with Crippen molar-refractivity contribution < 1.29 is 52.8 Å². The first-order chi connectivity index (χ1) is 25.1. The molecule has 282 valence electrons. The summed E-state index contributed by atoms with van der Waals surface area (Å²) in [6, 6.07) is 13.7. The zero-order chi connectivity index (χ0) is 39.6. The highest BCUT2D eigenvalue weighted by Gasteiger charge is 2.19. The fourth-order valence-corrected chi connectivity index (χ4v) is 6.65. The van der Waals surface area contributed by atoms with Crippen molar-refractivity contribution >= 4 is 87.5 Å². The second-order valence-corrected chi connectivity index (χ2v) is 16.1. The number of rotatable bonds is 12. The summed E-state index contributed by atoms with van der Waals surface area (Å²) in [6.07, 6.45) is 0. The molecule has 54 heavy (non-hydrogen) atoms. The highest BCUT2D eigenvalue weighted by molar-refractivity contribution is 7.86. The largest absolute Gasteiger partial charge is 0.768 e. The number of anilines is 4. The van der Waals surface area contributed by atoms with Crippen LogP contribution in [-0.4, -0.2) is 67.7 Å². The first-order valence-corrected chi connectivity index (χ1v) is 19.9. The Bertz CT molecular complexity index is 2680. The highest BCUT2D eigenvalue weighted by Crippen LogP contribution is 2.31. The van der Waals surface area contributed by atoms with Crippen LogP contribution < -0.4 is 10.6 Å². The number of benzene rings is 4. The van der Waals surface area contributed by atoms with Gasteiger partial charge < -0.3 is 20.3 Å². The molecule has 0 spiro atoms. The number of nitrogens with zero attached hydrogens (tertiary/aromatic N) is 7. The van der Waals surface area contributed by atoms with E-state index in [4.69, 9.17) is 0 Å². The molecule has 21 nitrogen and oxygen atoms in total. The van der Waals surface area contributed by atoms with Crippen molar-refractivity contribution in [1.82, 2.24) is 15.0 Å². The van der Waals surface area contributed by atoms with Crippen LogP contribution in [0.4, 0.5) is 46.0 Å². The van der Waals surface area contributed by atoms with E-state index in [1.54, 1.807) is 32.0 Å². The average Bonchev–Trinajstić information content (AvgIpc) is 3.06. The van der Waals surface area contributed by atoms with E-state index in [2.05, 4.69) is 46.0 Å². The molecule has 5 aromatic rings. The van der Waals surface area contributed by atoms with Crippen LogP contribution in [0.15, 0.2) is 113 Å². The maximum Gasteiger partial charge on any atom is 0.320 e. The molecule has 0 amide bonds. The number of aromatic hydroxyl groups is 1. The van der Waals surface area contributed by atoms with Gasteiger partial charge in [-0.2, -0.15) is 60.7 Å². The number of aromatic nitrogens is 3. The molecule has 1 unspecified atom stereocenters. The summed E-state index contributed by atoms with van der Waals surface area (Å²) in [7, 11) is -14.4. The van der Waals surface area contributed by atoms with Crippen LogP contribution in [0.2, 0.25) is 0 Å². The van der Waals surface area contributed by atoms with Gasteiger partial charge >= 0.3 is 6.01 Å². The molecule has 5 rings (SSSR count). The molecule has 1 heterocycles. The molecular weight excluding hydrogens is 795 g/mol. The Morgan fingerprint density at radius 1 is 0.593 bits per heavy atom. The number of azo groups is 2. The molecule has 0 fully saturated rings. The van der Waals surface area contributed by atoms with Crippen molar-refractivity contribution in [2.45, 2.75) is 33.4 Å². The van der Waals surface area contributed by atoms with Gasteiger partial charge in [0.2, 0.25) is 11.9 Å². The summed E-state index contributed by atoms with van der Waals surface area (Å²) in [6.45, 7) is 3.31. The molecule has 0 saturated heterocycles. The molecule has 0 aliphatic rings. The van der Waals surface area contributed by atoms with Crippen LogP contribution in [-0.2, 0) is 41.4 Å². The van der Waals surface area contributed by atoms with Crippen LogP contribution in [0.3, 0.4) is 0 Å². The summed E-state index contributed by atoms with van der Waals surface area (Å²) in [4.78, 5) is 9.21. The molecule has 0 aliphatic heterocycles. The first-order valence-electron chi connectivity index (χ1n) is 14.5. The van der Waals surface area contributed by atoms with E-state index in [1.165, 1.54) is 18.2 Å². The first kappa shape index (κ1) is 39.5. The van der Waals surface area contributed by atoms with Gasteiger partial charge in [0, 0.05) is 16.3 Å². The van der Waals surface area contributed by atoms with Gasteiger partial charge in [-0.3, -0.25) is 17.9 Å². The minimum atomic E-state index is -4.85. The molecular formula is C29H24N9O12S4-. The fourth-order valence-electron chi connectivity index (χ4n) is 4.42. The molecule has 0 bridgehead atoms. The van der Waals surface area contributed by atoms with Gasteiger partial charge in [-0.25, -0.2) is 0 Å². The summed E-state index contributed by atoms with van der Waals surface area (Å²) >= 11 is -2.81. The van der Waals surface area contributed by atoms with E-state index in [0.717, 1.165) is 30.3 Å². The smallest absolute Gasteiger partial charge is 0.320 e. The molecule has 6 N–H and O–H groups in total. The average molecular weight is 819 g/mol. The summed E-state index contributed by atoms with van der Waals surface area (Å²) < 4.78 is 120. The lowest BCUT2D eigenvalue weighted by Crippen LogP contribution is -2.03. The topological polar surface area (TPSA) is 336 Å². The van der Waals surface area contributed by atoms with Crippen molar-refractivity contribution in [2.75, 3.05) is 10.6 Å². The quantitative estimate of drug-likeness (QED) is 0.0514. The van der Waals surface area contributed by atoms with Crippen molar-refractivity contribution in [3.63, 3.8) is 0 Å². The molecule has 4 aromatic carbocycles. The number of nitrogens with one attached hydrogen (secondary N) is 2. The Morgan fingerprint density at radius 3 is 1.39 bits per heavy atom. The Kier molecular flexibility index (Phi) is 11.2. The molecule has 0 radical (unpaired) electrons. The lowest BCUT2D eigenvalue weighted by atomic mass is 10.2. The van der Waals surface area contributed by atoms with Gasteiger partial charge in [0.25, 0.3) is 30.4 Å². The highest BCUT2D eigenvalue weighted by atomic mass is 32.2. The van der Waals surface area contributed by atoms with E-state index < -0.39 is 67.0 Å². The molecule has 1 aromatic heterocycles. The second kappa shape index (κ2) is 15.4. The molecule has 1 atom stereocenters. The van der Waals surface area contributed by atoms with E-state index in [-0.39, 0.29) is 29.0 Å². The third kappa shape index (κ3) is 10.3. The monoisotopic (exact) mass is 818 g/mol. The number of aryl methyl sites for hydroxylation is 2. The third-order valence-corrected chi connectivity index (χ3v) is 10.0. The van der Waals surface area contributed by atoms with E-state index in [1.807, 2.05) is 0 Å². The Labute approximate surface area is 308 Å². The van der Waals surface area contributed by atoms with E-state index >= 15 is 0 Å². The van der Waals surface area contributed by atoms with Gasteiger partial charge in [0.1, 0.15) is 0 Å². The Hall–Kier alpha value is -5.67. The van der Waals surface area contributed by atoms with Crippen LogP contribution in [0.5, 0.6) is 6.01 Å². The van der Waals surface area contributed by atoms with Gasteiger partial charge in [0.15, 0.2) is 0 Å². The van der Waals surface area contributed by atoms with Gasteiger partial charge in [-0.1, -0.05) is 0 Å².